The van der Waals surface area contributed by atoms with Gasteiger partial charge < -0.3 is 20.1 Å². The Morgan fingerprint density at radius 2 is 1.72 bits per heavy atom. The summed E-state index contributed by atoms with van der Waals surface area (Å²) in [6.07, 6.45) is 0.673. The Morgan fingerprint density at radius 1 is 0.938 bits per heavy atom. The Kier molecular flexibility index (Phi) is 8.44. The second-order valence-electron chi connectivity index (χ2n) is 6.65. The molecule has 0 atom stereocenters. The Bertz CT molecular complexity index is 1050. The van der Waals surface area contributed by atoms with Crippen LogP contribution in [0, 0.1) is 0 Å². The van der Waals surface area contributed by atoms with Crippen LogP contribution in [-0.2, 0) is 11.2 Å². The normalized spacial score (nSPS) is 10.3. The molecule has 3 aromatic rings. The summed E-state index contributed by atoms with van der Waals surface area (Å²) in [5, 5.41) is 14.2. The zero-order chi connectivity index (χ0) is 22.8. The molecule has 0 spiro atoms. The number of methoxy groups -OCH3 is 2. The van der Waals surface area contributed by atoms with E-state index < -0.39 is 0 Å². The van der Waals surface area contributed by atoms with Gasteiger partial charge in [-0.05, 0) is 48.4 Å². The van der Waals surface area contributed by atoms with E-state index in [2.05, 4.69) is 20.8 Å². The largest absolute Gasteiger partial charge is 0.493 e. The van der Waals surface area contributed by atoms with Gasteiger partial charge >= 0.3 is 0 Å². The van der Waals surface area contributed by atoms with Gasteiger partial charge in [-0.2, -0.15) is 0 Å². The van der Waals surface area contributed by atoms with Gasteiger partial charge in [0.25, 0.3) is 5.91 Å². The number of thioether (sulfide) groups is 1. The summed E-state index contributed by atoms with van der Waals surface area (Å²) in [5.74, 6) is 1.55. The van der Waals surface area contributed by atoms with E-state index in [1.807, 2.05) is 24.3 Å². The lowest BCUT2D eigenvalue weighted by Gasteiger charge is -2.10. The van der Waals surface area contributed by atoms with E-state index in [1.54, 1.807) is 50.6 Å². The Labute approximate surface area is 190 Å². The van der Waals surface area contributed by atoms with Crippen LogP contribution in [0.25, 0.3) is 0 Å². The van der Waals surface area contributed by atoms with Crippen molar-refractivity contribution in [1.82, 2.24) is 15.5 Å². The maximum Gasteiger partial charge on any atom is 0.256 e. The molecule has 2 aromatic carbocycles. The van der Waals surface area contributed by atoms with E-state index in [0.29, 0.717) is 40.9 Å². The average Bonchev–Trinajstić information content (AvgIpc) is 2.84. The number of hydrogen-bond acceptors (Lipinski definition) is 7. The van der Waals surface area contributed by atoms with Gasteiger partial charge in [0.1, 0.15) is 5.03 Å². The van der Waals surface area contributed by atoms with Gasteiger partial charge in [-0.25, -0.2) is 0 Å². The van der Waals surface area contributed by atoms with Crippen molar-refractivity contribution in [2.45, 2.75) is 11.4 Å². The standard InChI is InChI=1S/C23H24N4O4S/c1-30-18-9-8-16(14-19(18)31-2)12-13-24-21(28)15-32-22-11-10-20(26-27-22)25-23(29)17-6-4-3-5-7-17/h3-11,14H,12-13,15H2,1-2H3,(H,24,28)(H,25,26,29). The molecule has 9 heteroatoms. The third kappa shape index (κ3) is 6.71. The summed E-state index contributed by atoms with van der Waals surface area (Å²) in [7, 11) is 3.18. The molecule has 8 nitrogen and oxygen atoms in total. The van der Waals surface area contributed by atoms with Gasteiger partial charge in [0.05, 0.1) is 20.0 Å². The van der Waals surface area contributed by atoms with E-state index in [9.17, 15) is 9.59 Å². The highest BCUT2D eigenvalue weighted by atomic mass is 32.2. The quantitative estimate of drug-likeness (QED) is 0.456. The van der Waals surface area contributed by atoms with E-state index in [0.717, 1.165) is 5.56 Å². The van der Waals surface area contributed by atoms with E-state index in [-0.39, 0.29) is 17.6 Å². The van der Waals surface area contributed by atoms with Gasteiger partial charge in [-0.15, -0.1) is 10.2 Å². The van der Waals surface area contributed by atoms with Gasteiger partial charge in [-0.1, -0.05) is 36.0 Å². The van der Waals surface area contributed by atoms with Crippen molar-refractivity contribution in [3.63, 3.8) is 0 Å². The Balaban J connectivity index is 1.40. The third-order valence-corrected chi connectivity index (χ3v) is 5.37. The minimum atomic E-state index is -0.255. The highest BCUT2D eigenvalue weighted by Gasteiger charge is 2.09. The first-order chi connectivity index (χ1) is 15.6. The molecule has 3 rings (SSSR count). The molecule has 0 saturated heterocycles. The second-order valence-corrected chi connectivity index (χ2v) is 7.65. The molecule has 0 saturated carbocycles. The highest BCUT2D eigenvalue weighted by Crippen LogP contribution is 2.27. The summed E-state index contributed by atoms with van der Waals surface area (Å²) >= 11 is 1.27. The molecule has 0 aliphatic rings. The molecule has 0 fully saturated rings. The summed E-state index contributed by atoms with van der Waals surface area (Å²) in [6.45, 7) is 0.505. The van der Waals surface area contributed by atoms with Crippen molar-refractivity contribution in [1.29, 1.82) is 0 Å². The average molecular weight is 453 g/mol. The Hall–Kier alpha value is -3.59. The SMILES string of the molecule is COc1ccc(CCNC(=O)CSc2ccc(NC(=O)c3ccccc3)nn2)cc1OC. The van der Waals surface area contributed by atoms with Gasteiger partial charge in [-0.3, -0.25) is 9.59 Å². The van der Waals surface area contributed by atoms with Crippen LogP contribution in [0.5, 0.6) is 11.5 Å². The van der Waals surface area contributed by atoms with Gasteiger partial charge in [0.15, 0.2) is 17.3 Å². The molecule has 2 N–H and O–H groups in total. The van der Waals surface area contributed by atoms with Crippen molar-refractivity contribution >= 4 is 29.4 Å². The number of carbonyl (C=O) groups excluding carboxylic acids is 2. The first kappa shape index (κ1) is 23.1. The van der Waals surface area contributed by atoms with E-state index >= 15 is 0 Å². The lowest BCUT2D eigenvalue weighted by Crippen LogP contribution is -2.27. The van der Waals surface area contributed by atoms with Crippen molar-refractivity contribution in [3.8, 4) is 11.5 Å². The molecule has 1 heterocycles. The lowest BCUT2D eigenvalue weighted by atomic mass is 10.1. The number of aromatic nitrogens is 2. The van der Waals surface area contributed by atoms with Crippen LogP contribution in [0.15, 0.2) is 65.7 Å². The van der Waals surface area contributed by atoms with Crippen LogP contribution in [0.2, 0.25) is 0 Å². The number of amides is 2. The summed E-state index contributed by atoms with van der Waals surface area (Å²) in [4.78, 5) is 24.3. The fourth-order valence-electron chi connectivity index (χ4n) is 2.81. The molecule has 0 radical (unpaired) electrons. The smallest absolute Gasteiger partial charge is 0.256 e. The fourth-order valence-corrected chi connectivity index (χ4v) is 3.46. The molecule has 32 heavy (non-hydrogen) atoms. The number of ether oxygens (including phenoxy) is 2. The monoisotopic (exact) mass is 452 g/mol. The maximum atomic E-state index is 12.1. The zero-order valence-corrected chi connectivity index (χ0v) is 18.6. The number of benzene rings is 2. The predicted molar refractivity (Wildman–Crippen MR) is 123 cm³/mol. The summed E-state index contributed by atoms with van der Waals surface area (Å²) in [6, 6.07) is 17.9. The molecule has 2 amide bonds. The van der Waals surface area contributed by atoms with Crippen molar-refractivity contribution in [2.75, 3.05) is 31.8 Å². The number of nitrogens with zero attached hydrogens (tertiary/aromatic N) is 2. The molecule has 0 bridgehead atoms. The van der Waals surface area contributed by atoms with Gasteiger partial charge in [0, 0.05) is 12.1 Å². The molecular weight excluding hydrogens is 428 g/mol. The number of rotatable bonds is 10. The molecule has 0 unspecified atom stereocenters. The summed E-state index contributed by atoms with van der Waals surface area (Å²) < 4.78 is 10.5. The topological polar surface area (TPSA) is 102 Å². The number of hydrogen-bond donors (Lipinski definition) is 2. The molecular formula is C23H24N4O4S. The van der Waals surface area contributed by atoms with Crippen molar-refractivity contribution in [3.05, 3.63) is 71.8 Å². The molecule has 166 valence electrons. The molecule has 1 aromatic heterocycles. The number of nitrogens with one attached hydrogen (secondary N) is 2. The van der Waals surface area contributed by atoms with E-state index in [4.69, 9.17) is 9.47 Å². The summed E-state index contributed by atoms with van der Waals surface area (Å²) in [5.41, 5.74) is 1.58. The predicted octanol–water partition coefficient (Wildman–Crippen LogP) is 3.20. The maximum absolute atomic E-state index is 12.1. The van der Waals surface area contributed by atoms with Crippen LogP contribution < -0.4 is 20.1 Å². The first-order valence-electron chi connectivity index (χ1n) is 9.89. The van der Waals surface area contributed by atoms with Crippen molar-refractivity contribution in [2.24, 2.45) is 0 Å². The minimum absolute atomic E-state index is 0.0984. The lowest BCUT2D eigenvalue weighted by molar-refractivity contribution is -0.118. The van der Waals surface area contributed by atoms with Crippen molar-refractivity contribution < 1.29 is 19.1 Å². The fraction of sp³-hybridized carbons (Fsp3) is 0.217. The van der Waals surface area contributed by atoms with Crippen LogP contribution in [0.4, 0.5) is 5.82 Å². The zero-order valence-electron chi connectivity index (χ0n) is 17.8. The van der Waals surface area contributed by atoms with Crippen LogP contribution in [0.1, 0.15) is 15.9 Å². The molecule has 0 aliphatic carbocycles. The first-order valence-corrected chi connectivity index (χ1v) is 10.9. The van der Waals surface area contributed by atoms with Gasteiger partial charge in [0.2, 0.25) is 5.91 Å². The third-order valence-electron chi connectivity index (χ3n) is 4.45. The highest BCUT2D eigenvalue weighted by molar-refractivity contribution is 7.99. The minimum Gasteiger partial charge on any atom is -0.493 e. The van der Waals surface area contributed by atoms with E-state index in [1.165, 1.54) is 11.8 Å². The van der Waals surface area contributed by atoms with Crippen LogP contribution >= 0.6 is 11.8 Å². The second kappa shape index (κ2) is 11.7. The number of carbonyl (C=O) groups is 2. The Morgan fingerprint density at radius 3 is 2.41 bits per heavy atom. The van der Waals surface area contributed by atoms with Crippen LogP contribution in [-0.4, -0.2) is 48.5 Å². The number of anilines is 1. The molecule has 0 aliphatic heterocycles. The van der Waals surface area contributed by atoms with Crippen LogP contribution in [0.3, 0.4) is 0 Å².